The Morgan fingerprint density at radius 2 is 0.860 bits per heavy atom. The second-order valence-electron chi connectivity index (χ2n) is 14.3. The molecule has 0 aliphatic carbocycles. The van der Waals surface area contributed by atoms with Crippen molar-refractivity contribution in [3.63, 3.8) is 0 Å². The smallest absolute Gasteiger partial charge is 0.160 e. The van der Waals surface area contributed by atoms with E-state index in [2.05, 4.69) is 152 Å². The number of nitrogens with zero attached hydrogens (tertiary/aromatic N) is 3. The van der Waals surface area contributed by atoms with E-state index in [9.17, 15) is 0 Å². The van der Waals surface area contributed by atoms with Gasteiger partial charge in [0, 0.05) is 54.7 Å². The fourth-order valence-electron chi connectivity index (χ4n) is 8.20. The van der Waals surface area contributed by atoms with Gasteiger partial charge in [-0.2, -0.15) is 0 Å². The molecule has 3 aromatic heterocycles. The van der Waals surface area contributed by atoms with Gasteiger partial charge >= 0.3 is 0 Å². The van der Waals surface area contributed by atoms with Crippen molar-refractivity contribution >= 4 is 43.6 Å². The maximum atomic E-state index is 6.65. The van der Waals surface area contributed by atoms with Crippen molar-refractivity contribution in [2.24, 2.45) is 0 Å². The van der Waals surface area contributed by atoms with E-state index in [1.165, 1.54) is 0 Å². The molecule has 8 aromatic carbocycles. The Kier molecular flexibility index (Phi) is 7.78. The summed E-state index contributed by atoms with van der Waals surface area (Å²) in [6.45, 7) is 0. The lowest BCUT2D eigenvalue weighted by Crippen LogP contribution is -1.96. The summed E-state index contributed by atoms with van der Waals surface area (Å²) in [5.74, 6) is 0.697. The largest absolute Gasteiger partial charge is 0.456 e. The summed E-state index contributed by atoms with van der Waals surface area (Å²) >= 11 is 0. The number of para-hydroxylation sites is 2. The lowest BCUT2D eigenvalue weighted by atomic mass is 9.88. The first-order valence-corrected chi connectivity index (χ1v) is 19.2. The molecule has 11 aromatic rings. The highest BCUT2D eigenvalue weighted by atomic mass is 16.3. The number of rotatable bonds is 6. The van der Waals surface area contributed by atoms with Crippen molar-refractivity contribution in [3.05, 3.63) is 200 Å². The van der Waals surface area contributed by atoms with Crippen LogP contribution < -0.4 is 0 Å². The lowest BCUT2D eigenvalue weighted by Gasteiger charge is -2.16. The SMILES string of the molecule is c1ccc(-c2cc(-c3cccc(-c4cccc(-c5c6c(cc7c(-c8ccccc8)nc8ccccc8c57)oc5ccccc56)c4)c3)nc(-c3ccccc3)n2)cc1. The van der Waals surface area contributed by atoms with Crippen LogP contribution in [-0.2, 0) is 0 Å². The summed E-state index contributed by atoms with van der Waals surface area (Å²) in [5, 5.41) is 5.51. The van der Waals surface area contributed by atoms with Gasteiger partial charge in [0.05, 0.1) is 22.6 Å². The minimum atomic E-state index is 0.697. The molecule has 11 rings (SSSR count). The average Bonchev–Trinajstić information content (AvgIpc) is 3.67. The molecule has 0 unspecified atom stereocenters. The highest BCUT2D eigenvalue weighted by Crippen LogP contribution is 2.47. The molecule has 57 heavy (non-hydrogen) atoms. The Morgan fingerprint density at radius 3 is 1.60 bits per heavy atom. The Hall–Kier alpha value is -7.69. The van der Waals surface area contributed by atoms with Crippen LogP contribution in [0.5, 0.6) is 0 Å². The molecule has 0 radical (unpaired) electrons. The van der Waals surface area contributed by atoms with Crippen molar-refractivity contribution in [1.82, 2.24) is 15.0 Å². The van der Waals surface area contributed by atoms with Crippen LogP contribution >= 0.6 is 0 Å². The molecule has 0 saturated heterocycles. The number of hydrogen-bond acceptors (Lipinski definition) is 4. The topological polar surface area (TPSA) is 51.8 Å². The van der Waals surface area contributed by atoms with Crippen molar-refractivity contribution < 1.29 is 4.42 Å². The van der Waals surface area contributed by atoms with E-state index in [0.717, 1.165) is 105 Å². The molecule has 3 heterocycles. The Bertz CT molecular complexity index is 3220. The minimum Gasteiger partial charge on any atom is -0.456 e. The second-order valence-corrected chi connectivity index (χ2v) is 14.3. The molecular weight excluding hydrogens is 695 g/mol. The number of fused-ring (bicyclic) bond motifs is 6. The third-order valence-electron chi connectivity index (χ3n) is 10.8. The molecule has 0 amide bonds. The Morgan fingerprint density at radius 1 is 0.316 bits per heavy atom. The maximum absolute atomic E-state index is 6.65. The number of hydrogen-bond donors (Lipinski definition) is 0. The molecular formula is C53H33N3O. The predicted molar refractivity (Wildman–Crippen MR) is 235 cm³/mol. The van der Waals surface area contributed by atoms with Gasteiger partial charge in [-0.3, -0.25) is 0 Å². The van der Waals surface area contributed by atoms with Crippen molar-refractivity contribution in [2.45, 2.75) is 0 Å². The molecule has 0 fully saturated rings. The van der Waals surface area contributed by atoms with Gasteiger partial charge in [0.1, 0.15) is 11.2 Å². The van der Waals surface area contributed by atoms with E-state index >= 15 is 0 Å². The van der Waals surface area contributed by atoms with Gasteiger partial charge in [-0.05, 0) is 53.1 Å². The molecule has 0 aliphatic rings. The third-order valence-corrected chi connectivity index (χ3v) is 10.8. The van der Waals surface area contributed by atoms with Crippen molar-refractivity contribution in [3.8, 4) is 67.4 Å². The predicted octanol–water partition coefficient (Wildman–Crippen LogP) is 14.1. The van der Waals surface area contributed by atoms with E-state index in [0.29, 0.717) is 5.82 Å². The second kappa shape index (κ2) is 13.6. The summed E-state index contributed by atoms with van der Waals surface area (Å²) in [5.41, 5.74) is 13.9. The average molecular weight is 728 g/mol. The summed E-state index contributed by atoms with van der Waals surface area (Å²) in [7, 11) is 0. The molecule has 0 atom stereocenters. The summed E-state index contributed by atoms with van der Waals surface area (Å²) in [4.78, 5) is 15.4. The van der Waals surface area contributed by atoms with Gasteiger partial charge in [0.25, 0.3) is 0 Å². The lowest BCUT2D eigenvalue weighted by molar-refractivity contribution is 0.669. The third kappa shape index (κ3) is 5.74. The van der Waals surface area contributed by atoms with Crippen LogP contribution in [-0.4, -0.2) is 15.0 Å². The highest BCUT2D eigenvalue weighted by molar-refractivity contribution is 6.27. The normalized spacial score (nSPS) is 11.5. The summed E-state index contributed by atoms with van der Waals surface area (Å²) in [6.07, 6.45) is 0. The standard InChI is InChI=1S/C53H33N3O/c1-4-16-34(17-5-1)45-33-46(56-53(55-45)36-20-8-3-9-21-36)39-24-14-22-37(30-39)38-23-15-25-40(31-38)49-50-41-26-10-12-28-44(41)54-52(35-18-6-2-7-19-35)43(50)32-48-51(49)42-27-11-13-29-47(42)57-48/h1-33H. The van der Waals surface area contributed by atoms with E-state index in [4.69, 9.17) is 19.4 Å². The van der Waals surface area contributed by atoms with Gasteiger partial charge in [0.15, 0.2) is 5.82 Å². The molecule has 266 valence electrons. The number of pyridine rings is 1. The first-order valence-electron chi connectivity index (χ1n) is 19.2. The van der Waals surface area contributed by atoms with E-state index in [-0.39, 0.29) is 0 Å². The van der Waals surface area contributed by atoms with Gasteiger partial charge < -0.3 is 4.42 Å². The van der Waals surface area contributed by atoms with E-state index in [1.807, 2.05) is 48.5 Å². The van der Waals surface area contributed by atoms with Crippen LogP contribution in [0, 0.1) is 0 Å². The number of benzene rings is 8. The maximum Gasteiger partial charge on any atom is 0.160 e. The van der Waals surface area contributed by atoms with Crippen LogP contribution in [0.3, 0.4) is 0 Å². The van der Waals surface area contributed by atoms with E-state index in [1.54, 1.807) is 0 Å². The molecule has 4 nitrogen and oxygen atoms in total. The molecule has 0 bridgehead atoms. The van der Waals surface area contributed by atoms with Crippen molar-refractivity contribution in [2.75, 3.05) is 0 Å². The zero-order chi connectivity index (χ0) is 37.7. The Labute approximate surface area is 329 Å². The van der Waals surface area contributed by atoms with Crippen LogP contribution in [0.25, 0.3) is 111 Å². The quantitative estimate of drug-likeness (QED) is 0.160. The fraction of sp³-hybridized carbons (Fsp3) is 0. The molecule has 0 saturated carbocycles. The Balaban J connectivity index is 1.13. The molecule has 0 N–H and O–H groups in total. The highest BCUT2D eigenvalue weighted by Gasteiger charge is 2.22. The van der Waals surface area contributed by atoms with E-state index < -0.39 is 0 Å². The molecule has 0 spiro atoms. The zero-order valence-electron chi connectivity index (χ0n) is 30.8. The van der Waals surface area contributed by atoms with Crippen LogP contribution in [0.1, 0.15) is 0 Å². The minimum absolute atomic E-state index is 0.697. The first-order chi connectivity index (χ1) is 28.2. The summed E-state index contributed by atoms with van der Waals surface area (Å²) < 4.78 is 6.65. The van der Waals surface area contributed by atoms with Crippen LogP contribution in [0.2, 0.25) is 0 Å². The van der Waals surface area contributed by atoms with Gasteiger partial charge in [0.2, 0.25) is 0 Å². The zero-order valence-corrected chi connectivity index (χ0v) is 30.8. The van der Waals surface area contributed by atoms with Gasteiger partial charge in [-0.15, -0.1) is 0 Å². The summed E-state index contributed by atoms with van der Waals surface area (Å²) in [6, 6.07) is 69.7. The number of aromatic nitrogens is 3. The fourth-order valence-corrected chi connectivity index (χ4v) is 8.20. The molecule has 0 aliphatic heterocycles. The molecule has 4 heteroatoms. The number of furan rings is 1. The van der Waals surface area contributed by atoms with Crippen LogP contribution in [0.4, 0.5) is 0 Å². The van der Waals surface area contributed by atoms with Gasteiger partial charge in [-0.25, -0.2) is 15.0 Å². The first kappa shape index (κ1) is 32.7. The van der Waals surface area contributed by atoms with Crippen LogP contribution in [0.15, 0.2) is 205 Å². The monoisotopic (exact) mass is 727 g/mol. The van der Waals surface area contributed by atoms with Crippen molar-refractivity contribution in [1.29, 1.82) is 0 Å². The van der Waals surface area contributed by atoms with Gasteiger partial charge in [-0.1, -0.05) is 164 Å².